The van der Waals surface area contributed by atoms with Gasteiger partial charge in [-0.2, -0.15) is 0 Å². The Morgan fingerprint density at radius 3 is 2.46 bits per heavy atom. The fraction of sp³-hybridized carbons (Fsp3) is 0.412. The summed E-state index contributed by atoms with van der Waals surface area (Å²) >= 11 is 0. The molecule has 24 heavy (non-hydrogen) atoms. The van der Waals surface area contributed by atoms with Crippen LogP contribution in [-0.2, 0) is 4.79 Å². The minimum Gasteiger partial charge on any atom is -0.496 e. The number of aromatic nitrogens is 1. The van der Waals surface area contributed by atoms with Gasteiger partial charge in [0.2, 0.25) is 5.91 Å². The second-order valence-corrected chi connectivity index (χ2v) is 5.76. The molecule has 7 heteroatoms. The molecule has 0 unspecified atom stereocenters. The van der Waals surface area contributed by atoms with Crippen molar-refractivity contribution in [2.45, 2.75) is 12.8 Å². The molecule has 0 atom stereocenters. The molecular formula is C17H21N3O4. The number of hydrogen-bond acceptors (Lipinski definition) is 4. The lowest BCUT2D eigenvalue weighted by Gasteiger charge is -2.05. The van der Waals surface area contributed by atoms with Crippen LogP contribution in [0.2, 0.25) is 0 Å². The fourth-order valence-electron chi connectivity index (χ4n) is 2.58. The van der Waals surface area contributed by atoms with E-state index in [1.807, 2.05) is 0 Å². The number of nitrogens with one attached hydrogen (secondary N) is 3. The summed E-state index contributed by atoms with van der Waals surface area (Å²) in [5.41, 5.74) is 1.13. The standard InChI is InChI=1S/C17H21N3O4/c1-23-13-5-6-14(24-2)15-11(13)9-12(20-15)17(22)19-8-7-18-16(21)10-3-4-10/h5-6,9-10,20H,3-4,7-8H2,1-2H3,(H,18,21)(H,19,22). The minimum atomic E-state index is -0.240. The Hall–Kier alpha value is -2.70. The number of aromatic amines is 1. The van der Waals surface area contributed by atoms with E-state index in [4.69, 9.17) is 9.47 Å². The lowest BCUT2D eigenvalue weighted by atomic mass is 10.2. The lowest BCUT2D eigenvalue weighted by Crippen LogP contribution is -2.35. The largest absolute Gasteiger partial charge is 0.496 e. The number of methoxy groups -OCH3 is 2. The number of amides is 2. The third kappa shape index (κ3) is 3.29. The van der Waals surface area contributed by atoms with E-state index >= 15 is 0 Å². The van der Waals surface area contributed by atoms with Crippen molar-refractivity contribution in [3.63, 3.8) is 0 Å². The summed E-state index contributed by atoms with van der Waals surface area (Å²) in [7, 11) is 3.15. The molecule has 1 aromatic carbocycles. The quantitative estimate of drug-likeness (QED) is 0.670. The first kappa shape index (κ1) is 16.2. The van der Waals surface area contributed by atoms with Crippen molar-refractivity contribution in [2.24, 2.45) is 5.92 Å². The Bertz CT molecular complexity index is 724. The van der Waals surface area contributed by atoms with Crippen molar-refractivity contribution in [3.05, 3.63) is 23.9 Å². The van der Waals surface area contributed by atoms with Gasteiger partial charge in [-0.15, -0.1) is 0 Å². The van der Waals surface area contributed by atoms with Crippen LogP contribution in [0.5, 0.6) is 11.5 Å². The molecule has 1 heterocycles. The van der Waals surface area contributed by atoms with E-state index in [-0.39, 0.29) is 17.7 Å². The van der Waals surface area contributed by atoms with Gasteiger partial charge in [0.15, 0.2) is 0 Å². The molecule has 1 aromatic heterocycles. The van der Waals surface area contributed by atoms with Crippen LogP contribution in [0.1, 0.15) is 23.3 Å². The number of H-pyrrole nitrogens is 1. The second kappa shape index (κ2) is 6.82. The summed E-state index contributed by atoms with van der Waals surface area (Å²) in [6, 6.07) is 5.31. The number of fused-ring (bicyclic) bond motifs is 1. The van der Waals surface area contributed by atoms with Crippen molar-refractivity contribution in [3.8, 4) is 11.5 Å². The average Bonchev–Trinajstić information content (AvgIpc) is 3.35. The second-order valence-electron chi connectivity index (χ2n) is 5.76. The fourth-order valence-corrected chi connectivity index (χ4v) is 2.58. The maximum absolute atomic E-state index is 12.3. The van der Waals surface area contributed by atoms with E-state index in [0.29, 0.717) is 35.8 Å². The summed E-state index contributed by atoms with van der Waals surface area (Å²) in [5.74, 6) is 1.31. The molecule has 7 nitrogen and oxygen atoms in total. The molecule has 0 radical (unpaired) electrons. The van der Waals surface area contributed by atoms with Crippen molar-refractivity contribution in [1.29, 1.82) is 0 Å². The monoisotopic (exact) mass is 331 g/mol. The Labute approximate surface area is 139 Å². The maximum Gasteiger partial charge on any atom is 0.267 e. The van der Waals surface area contributed by atoms with Crippen molar-refractivity contribution >= 4 is 22.7 Å². The van der Waals surface area contributed by atoms with E-state index < -0.39 is 0 Å². The molecular weight excluding hydrogens is 310 g/mol. The van der Waals surface area contributed by atoms with Crippen LogP contribution in [-0.4, -0.2) is 44.1 Å². The molecule has 3 rings (SSSR count). The van der Waals surface area contributed by atoms with Crippen molar-refractivity contribution in [1.82, 2.24) is 15.6 Å². The normalized spacial score (nSPS) is 13.6. The van der Waals surface area contributed by atoms with Gasteiger partial charge >= 0.3 is 0 Å². The van der Waals surface area contributed by atoms with Gasteiger partial charge in [-0.3, -0.25) is 9.59 Å². The first-order valence-corrected chi connectivity index (χ1v) is 7.93. The topological polar surface area (TPSA) is 92.4 Å². The predicted octanol–water partition coefficient (Wildman–Crippen LogP) is 1.44. The van der Waals surface area contributed by atoms with Gasteiger partial charge in [0.25, 0.3) is 5.91 Å². The van der Waals surface area contributed by atoms with E-state index in [2.05, 4.69) is 15.6 Å². The molecule has 0 aliphatic heterocycles. The molecule has 2 amide bonds. The molecule has 1 aliphatic rings. The van der Waals surface area contributed by atoms with Crippen LogP contribution in [0, 0.1) is 5.92 Å². The molecule has 1 fully saturated rings. The van der Waals surface area contributed by atoms with Crippen LogP contribution in [0.25, 0.3) is 10.9 Å². The summed E-state index contributed by atoms with van der Waals surface area (Å²) < 4.78 is 10.6. The number of benzene rings is 1. The van der Waals surface area contributed by atoms with E-state index in [1.54, 1.807) is 32.4 Å². The summed E-state index contributed by atoms with van der Waals surface area (Å²) in [6.45, 7) is 0.800. The smallest absolute Gasteiger partial charge is 0.267 e. The Morgan fingerprint density at radius 1 is 1.12 bits per heavy atom. The zero-order chi connectivity index (χ0) is 17.1. The van der Waals surface area contributed by atoms with Gasteiger partial charge in [0.1, 0.15) is 17.2 Å². The third-order valence-electron chi connectivity index (χ3n) is 4.06. The number of hydrogen-bond donors (Lipinski definition) is 3. The highest BCUT2D eigenvalue weighted by Crippen LogP contribution is 2.33. The zero-order valence-electron chi connectivity index (χ0n) is 13.8. The van der Waals surface area contributed by atoms with Crippen molar-refractivity contribution in [2.75, 3.05) is 27.3 Å². The van der Waals surface area contributed by atoms with Gasteiger partial charge in [-0.05, 0) is 31.0 Å². The van der Waals surface area contributed by atoms with Crippen LogP contribution in [0.3, 0.4) is 0 Å². The molecule has 1 saturated carbocycles. The highest BCUT2D eigenvalue weighted by atomic mass is 16.5. The van der Waals surface area contributed by atoms with E-state index in [1.165, 1.54) is 0 Å². The Balaban J connectivity index is 1.64. The number of rotatable bonds is 7. The van der Waals surface area contributed by atoms with Gasteiger partial charge in [-0.1, -0.05) is 0 Å². The highest BCUT2D eigenvalue weighted by molar-refractivity contribution is 6.01. The molecule has 0 saturated heterocycles. The number of carbonyl (C=O) groups excluding carboxylic acids is 2. The van der Waals surface area contributed by atoms with Gasteiger partial charge in [0, 0.05) is 24.4 Å². The van der Waals surface area contributed by atoms with Crippen LogP contribution < -0.4 is 20.1 Å². The summed E-state index contributed by atoms with van der Waals surface area (Å²) in [6.07, 6.45) is 1.94. The number of carbonyl (C=O) groups is 2. The molecule has 0 spiro atoms. The summed E-state index contributed by atoms with van der Waals surface area (Å²) in [4.78, 5) is 26.9. The average molecular weight is 331 g/mol. The van der Waals surface area contributed by atoms with Crippen LogP contribution in [0.15, 0.2) is 18.2 Å². The summed E-state index contributed by atoms with van der Waals surface area (Å²) in [5, 5.41) is 6.38. The molecule has 128 valence electrons. The minimum absolute atomic E-state index is 0.0735. The maximum atomic E-state index is 12.3. The van der Waals surface area contributed by atoms with Gasteiger partial charge in [0.05, 0.1) is 19.7 Å². The molecule has 1 aliphatic carbocycles. The number of ether oxygens (including phenoxy) is 2. The predicted molar refractivity (Wildman–Crippen MR) is 89.5 cm³/mol. The van der Waals surface area contributed by atoms with Crippen LogP contribution in [0.4, 0.5) is 0 Å². The van der Waals surface area contributed by atoms with E-state index in [9.17, 15) is 9.59 Å². The van der Waals surface area contributed by atoms with Crippen LogP contribution >= 0.6 is 0 Å². The molecule has 2 aromatic rings. The molecule has 3 N–H and O–H groups in total. The highest BCUT2D eigenvalue weighted by Gasteiger charge is 2.29. The van der Waals surface area contributed by atoms with Crippen molar-refractivity contribution < 1.29 is 19.1 Å². The van der Waals surface area contributed by atoms with Gasteiger partial charge < -0.3 is 25.1 Å². The lowest BCUT2D eigenvalue weighted by molar-refractivity contribution is -0.122. The molecule has 0 bridgehead atoms. The third-order valence-corrected chi connectivity index (χ3v) is 4.06. The Kier molecular flexibility index (Phi) is 4.59. The van der Waals surface area contributed by atoms with E-state index in [0.717, 1.165) is 18.2 Å². The zero-order valence-corrected chi connectivity index (χ0v) is 13.8. The first-order valence-electron chi connectivity index (χ1n) is 7.93. The Morgan fingerprint density at radius 2 is 1.79 bits per heavy atom. The first-order chi connectivity index (χ1) is 11.6. The SMILES string of the molecule is COc1ccc(OC)c2[nH]c(C(=O)NCCNC(=O)C3CC3)cc12. The van der Waals surface area contributed by atoms with Gasteiger partial charge in [-0.25, -0.2) is 0 Å².